The maximum Gasteiger partial charge on any atom is 0.472 e. The van der Waals surface area contributed by atoms with Crippen LogP contribution in [0.15, 0.2) is 48.6 Å². The summed E-state index contributed by atoms with van der Waals surface area (Å²) in [5.74, 6) is -0.191. The number of phosphoric acid groups is 1. The number of hydrogen-bond acceptors (Lipinski definition) is 5. The fourth-order valence-corrected chi connectivity index (χ4v) is 7.25. The lowest BCUT2D eigenvalue weighted by molar-refractivity contribution is -0.870. The summed E-state index contributed by atoms with van der Waals surface area (Å²) in [6, 6.07) is -0.853. The van der Waals surface area contributed by atoms with Crippen LogP contribution in [0.4, 0.5) is 0 Å². The Morgan fingerprint density at radius 3 is 1.46 bits per heavy atom. The van der Waals surface area contributed by atoms with Crippen LogP contribution in [0.3, 0.4) is 0 Å². The first kappa shape index (κ1) is 55.5. The molecule has 0 heterocycles. The zero-order chi connectivity index (χ0) is 42.1. The minimum atomic E-state index is -4.34. The minimum Gasteiger partial charge on any atom is -0.387 e. The van der Waals surface area contributed by atoms with E-state index < -0.39 is 20.0 Å². The van der Waals surface area contributed by atoms with Gasteiger partial charge >= 0.3 is 7.82 Å². The topological polar surface area (TPSA) is 105 Å². The number of unbranched alkanes of at least 4 members (excludes halogenated alkanes) is 23. The van der Waals surface area contributed by atoms with Gasteiger partial charge in [0.15, 0.2) is 0 Å². The highest BCUT2D eigenvalue weighted by atomic mass is 31.2. The van der Waals surface area contributed by atoms with E-state index in [2.05, 4.69) is 55.6 Å². The predicted molar refractivity (Wildman–Crippen MR) is 244 cm³/mol. The van der Waals surface area contributed by atoms with Crippen molar-refractivity contribution in [3.05, 3.63) is 48.6 Å². The number of carbonyl (C=O) groups excluding carboxylic acids is 1. The molecule has 0 aliphatic carbocycles. The van der Waals surface area contributed by atoms with Gasteiger partial charge in [-0.1, -0.05) is 184 Å². The highest BCUT2D eigenvalue weighted by Crippen LogP contribution is 2.43. The maximum absolute atomic E-state index is 12.9. The fraction of sp³-hybridized carbons (Fsp3) is 0.812. The zero-order valence-electron chi connectivity index (χ0n) is 37.8. The van der Waals surface area contributed by atoms with Crippen molar-refractivity contribution in [2.45, 2.75) is 212 Å². The number of aliphatic hydroxyl groups is 1. The molecule has 3 unspecified atom stereocenters. The Kier molecular flexibility index (Phi) is 38.8. The lowest BCUT2D eigenvalue weighted by Gasteiger charge is -2.25. The third-order valence-corrected chi connectivity index (χ3v) is 11.3. The molecule has 0 spiro atoms. The summed E-state index contributed by atoms with van der Waals surface area (Å²) in [5, 5.41) is 13.8. The number of amides is 1. The molecule has 1 amide bonds. The molecular weight excluding hydrogens is 732 g/mol. The molecular formula is C48H92N2O6P+. The smallest absolute Gasteiger partial charge is 0.387 e. The van der Waals surface area contributed by atoms with Gasteiger partial charge in [-0.3, -0.25) is 13.8 Å². The van der Waals surface area contributed by atoms with Gasteiger partial charge in [0.05, 0.1) is 39.9 Å². The van der Waals surface area contributed by atoms with Gasteiger partial charge in [0, 0.05) is 6.42 Å². The Hall–Kier alpha value is -1.54. The van der Waals surface area contributed by atoms with Crippen LogP contribution in [-0.4, -0.2) is 73.4 Å². The highest BCUT2D eigenvalue weighted by molar-refractivity contribution is 7.47. The van der Waals surface area contributed by atoms with Gasteiger partial charge < -0.3 is 19.8 Å². The number of phosphoric ester groups is 1. The van der Waals surface area contributed by atoms with E-state index in [0.717, 1.165) is 64.2 Å². The molecule has 3 N–H and O–H groups in total. The number of allylic oxidation sites excluding steroid dienone is 7. The monoisotopic (exact) mass is 824 g/mol. The number of nitrogens with zero attached hydrogens (tertiary/aromatic N) is 1. The molecule has 0 aromatic rings. The molecule has 0 rings (SSSR count). The Labute approximate surface area is 352 Å². The molecule has 0 radical (unpaired) electrons. The second-order valence-electron chi connectivity index (χ2n) is 17.1. The van der Waals surface area contributed by atoms with Crippen LogP contribution in [0.25, 0.3) is 0 Å². The number of aliphatic hydroxyl groups excluding tert-OH is 1. The summed E-state index contributed by atoms with van der Waals surface area (Å²) >= 11 is 0. The first-order chi connectivity index (χ1) is 27.5. The summed E-state index contributed by atoms with van der Waals surface area (Å²) in [7, 11) is 1.56. The number of hydrogen-bond donors (Lipinski definition) is 3. The van der Waals surface area contributed by atoms with Crippen molar-refractivity contribution in [3.63, 3.8) is 0 Å². The first-order valence-electron chi connectivity index (χ1n) is 23.5. The molecule has 0 aliphatic rings. The molecule has 0 fully saturated rings. The van der Waals surface area contributed by atoms with Gasteiger partial charge in [0.1, 0.15) is 13.2 Å². The summed E-state index contributed by atoms with van der Waals surface area (Å²) in [4.78, 5) is 23.1. The van der Waals surface area contributed by atoms with Crippen LogP contribution in [0.1, 0.15) is 200 Å². The molecule has 9 heteroatoms. The molecule has 8 nitrogen and oxygen atoms in total. The van der Waals surface area contributed by atoms with Gasteiger partial charge in [-0.25, -0.2) is 4.57 Å². The summed E-state index contributed by atoms with van der Waals surface area (Å²) < 4.78 is 23.6. The van der Waals surface area contributed by atoms with Crippen LogP contribution in [0, 0.1) is 0 Å². The Bertz CT molecular complexity index is 1070. The average molecular weight is 824 g/mol. The summed E-state index contributed by atoms with van der Waals surface area (Å²) in [6.45, 7) is 4.78. The molecule has 57 heavy (non-hydrogen) atoms. The maximum atomic E-state index is 12.9. The van der Waals surface area contributed by atoms with E-state index in [4.69, 9.17) is 9.05 Å². The molecule has 0 aromatic heterocycles. The van der Waals surface area contributed by atoms with Crippen molar-refractivity contribution >= 4 is 13.7 Å². The standard InChI is InChI=1S/C48H91N2O6P/c1-6-8-10-12-14-16-18-20-22-23-24-25-26-27-28-30-32-34-36-38-40-42-48(52)49-46(45-56-57(53,54)55-44-43-50(3,4)5)47(51)41-39-37-35-33-31-29-21-19-17-15-13-11-9-7-2/h18,20,23-24,26-27,39,41,46-47,51H,6-17,19,21-22,25,28-38,40,42-45H2,1-5H3,(H-,49,52,53,54)/p+1/b20-18-,24-23-,27-26-,41-39+. The average Bonchev–Trinajstić information content (AvgIpc) is 3.16. The van der Waals surface area contributed by atoms with Crippen LogP contribution in [0.2, 0.25) is 0 Å². The molecule has 334 valence electrons. The van der Waals surface area contributed by atoms with E-state index in [1.807, 2.05) is 27.2 Å². The van der Waals surface area contributed by atoms with Crippen LogP contribution < -0.4 is 5.32 Å². The molecule has 0 aromatic carbocycles. The SMILES string of the molecule is CCCCCCC/C=C\C/C=C\C/C=C\CCCCCCCCC(=O)NC(COP(=O)(O)OCC[N+](C)(C)C)C(O)/C=C/CCCCCCCCCCCCCC. The van der Waals surface area contributed by atoms with Crippen molar-refractivity contribution < 1.29 is 32.9 Å². The van der Waals surface area contributed by atoms with Gasteiger partial charge in [-0.05, 0) is 57.8 Å². The quantitative estimate of drug-likeness (QED) is 0.0245. The summed E-state index contributed by atoms with van der Waals surface area (Å²) in [6.07, 6.45) is 50.3. The van der Waals surface area contributed by atoms with Crippen molar-refractivity contribution in [2.75, 3.05) is 40.9 Å². The third kappa shape index (κ3) is 42.4. The number of nitrogens with one attached hydrogen (secondary N) is 1. The van der Waals surface area contributed by atoms with Crippen LogP contribution >= 0.6 is 7.82 Å². The van der Waals surface area contributed by atoms with E-state index in [0.29, 0.717) is 17.4 Å². The molecule has 3 atom stereocenters. The first-order valence-corrected chi connectivity index (χ1v) is 25.0. The predicted octanol–water partition coefficient (Wildman–Crippen LogP) is 13.2. The van der Waals surface area contributed by atoms with Crippen molar-refractivity contribution in [1.29, 1.82) is 0 Å². The highest BCUT2D eigenvalue weighted by Gasteiger charge is 2.27. The molecule has 0 saturated carbocycles. The summed E-state index contributed by atoms with van der Waals surface area (Å²) in [5.41, 5.74) is 0. The third-order valence-electron chi connectivity index (χ3n) is 10.3. The lowest BCUT2D eigenvalue weighted by Crippen LogP contribution is -2.45. The number of quaternary nitrogens is 1. The fourth-order valence-electron chi connectivity index (χ4n) is 6.52. The van der Waals surface area contributed by atoms with Gasteiger partial charge in [0.25, 0.3) is 0 Å². The van der Waals surface area contributed by atoms with Gasteiger partial charge in [-0.2, -0.15) is 0 Å². The lowest BCUT2D eigenvalue weighted by atomic mass is 10.0. The normalized spacial score (nSPS) is 14.7. The van der Waals surface area contributed by atoms with E-state index in [-0.39, 0.29) is 19.1 Å². The van der Waals surface area contributed by atoms with E-state index in [9.17, 15) is 19.4 Å². The van der Waals surface area contributed by atoms with Crippen LogP contribution in [-0.2, 0) is 18.4 Å². The van der Waals surface area contributed by atoms with E-state index >= 15 is 0 Å². The Morgan fingerprint density at radius 2 is 1.00 bits per heavy atom. The number of rotatable bonds is 42. The molecule has 0 bridgehead atoms. The Morgan fingerprint density at radius 1 is 0.596 bits per heavy atom. The molecule has 0 aliphatic heterocycles. The largest absolute Gasteiger partial charge is 0.472 e. The van der Waals surface area contributed by atoms with Crippen molar-refractivity contribution in [2.24, 2.45) is 0 Å². The van der Waals surface area contributed by atoms with Crippen molar-refractivity contribution in [1.82, 2.24) is 5.32 Å². The van der Waals surface area contributed by atoms with Gasteiger partial charge in [-0.15, -0.1) is 0 Å². The second-order valence-corrected chi connectivity index (χ2v) is 18.6. The minimum absolute atomic E-state index is 0.0573. The number of likely N-dealkylation sites (N-methyl/N-ethyl adjacent to an activating group) is 1. The Balaban J connectivity index is 4.40. The van der Waals surface area contributed by atoms with E-state index in [1.54, 1.807) is 6.08 Å². The van der Waals surface area contributed by atoms with Crippen LogP contribution in [0.5, 0.6) is 0 Å². The zero-order valence-corrected chi connectivity index (χ0v) is 38.7. The van der Waals surface area contributed by atoms with E-state index in [1.165, 1.54) is 116 Å². The second kappa shape index (κ2) is 39.9. The number of carbonyl (C=O) groups is 1. The molecule has 0 saturated heterocycles. The van der Waals surface area contributed by atoms with Crippen molar-refractivity contribution in [3.8, 4) is 0 Å². The van der Waals surface area contributed by atoms with Gasteiger partial charge in [0.2, 0.25) is 5.91 Å².